The first-order valence-electron chi connectivity index (χ1n) is 3.48. The fraction of sp³-hybridized carbons (Fsp3) is 0.250. The Hall–Kier alpha value is -1.54. The van der Waals surface area contributed by atoms with Gasteiger partial charge < -0.3 is 10.0 Å². The molecule has 0 fully saturated rings. The van der Waals surface area contributed by atoms with Gasteiger partial charge in [0.15, 0.2) is 10.8 Å². The molecule has 1 rings (SSSR count). The maximum Gasteiger partial charge on any atom is 0.355 e. The first-order chi connectivity index (χ1) is 6.15. The fourth-order valence-electron chi connectivity index (χ4n) is 0.742. The van der Waals surface area contributed by atoms with E-state index in [1.165, 1.54) is 16.7 Å². The van der Waals surface area contributed by atoms with Gasteiger partial charge in [0.05, 0.1) is 6.54 Å². The van der Waals surface area contributed by atoms with Crippen LogP contribution in [0.5, 0.6) is 0 Å². The van der Waals surface area contributed by atoms with E-state index in [0.29, 0.717) is 11.7 Å². The van der Waals surface area contributed by atoms with E-state index in [1.807, 2.05) is 0 Å². The molecule has 0 atom stereocenters. The first kappa shape index (κ1) is 9.55. The Balaban J connectivity index is 2.80. The largest absolute Gasteiger partial charge is 0.476 e. The van der Waals surface area contributed by atoms with Crippen molar-refractivity contribution < 1.29 is 9.90 Å². The van der Waals surface area contributed by atoms with Gasteiger partial charge in [0.1, 0.15) is 0 Å². The lowest BCUT2D eigenvalue weighted by Crippen LogP contribution is -2.16. The topological polar surface area (TPSA) is 53.4 Å². The number of thiazole rings is 1. The maximum atomic E-state index is 10.5. The van der Waals surface area contributed by atoms with Gasteiger partial charge in [-0.3, -0.25) is 0 Å². The Morgan fingerprint density at radius 2 is 2.62 bits per heavy atom. The van der Waals surface area contributed by atoms with E-state index >= 15 is 0 Å². The Bertz CT molecular complexity index is 353. The molecular formula is C8H8N2O2S. The van der Waals surface area contributed by atoms with Crippen molar-refractivity contribution in [2.75, 3.05) is 18.5 Å². The molecule has 0 aliphatic carbocycles. The van der Waals surface area contributed by atoms with E-state index in [4.69, 9.17) is 11.5 Å². The number of aromatic carboxylic acids is 1. The summed E-state index contributed by atoms with van der Waals surface area (Å²) in [6.45, 7) is 0.423. The summed E-state index contributed by atoms with van der Waals surface area (Å²) in [6, 6.07) is 0. The van der Waals surface area contributed by atoms with Crippen molar-refractivity contribution in [2.45, 2.75) is 0 Å². The predicted molar refractivity (Wildman–Crippen MR) is 51.2 cm³/mol. The Morgan fingerprint density at radius 3 is 3.08 bits per heavy atom. The van der Waals surface area contributed by atoms with Crippen LogP contribution < -0.4 is 4.90 Å². The number of nitrogens with zero attached hydrogens (tertiary/aromatic N) is 2. The lowest BCUT2D eigenvalue weighted by atomic mass is 10.5. The van der Waals surface area contributed by atoms with Crippen molar-refractivity contribution in [2.24, 2.45) is 0 Å². The lowest BCUT2D eigenvalue weighted by molar-refractivity contribution is 0.0691. The van der Waals surface area contributed by atoms with E-state index in [2.05, 4.69) is 10.9 Å². The highest BCUT2D eigenvalue weighted by atomic mass is 32.1. The lowest BCUT2D eigenvalue weighted by Gasteiger charge is -2.10. The number of carbonyl (C=O) groups is 1. The minimum Gasteiger partial charge on any atom is -0.476 e. The van der Waals surface area contributed by atoms with Gasteiger partial charge >= 0.3 is 5.97 Å². The van der Waals surface area contributed by atoms with Gasteiger partial charge in [-0.15, -0.1) is 17.8 Å². The molecule has 1 aromatic heterocycles. The zero-order valence-corrected chi connectivity index (χ0v) is 7.84. The summed E-state index contributed by atoms with van der Waals surface area (Å²) in [5, 5.41) is 10.7. The van der Waals surface area contributed by atoms with Crippen molar-refractivity contribution in [3.8, 4) is 12.3 Å². The quantitative estimate of drug-likeness (QED) is 0.730. The second kappa shape index (κ2) is 3.92. The number of terminal acetylenes is 1. The number of carboxylic acids is 1. The molecule has 0 aromatic carbocycles. The fourth-order valence-corrected chi connectivity index (χ4v) is 1.51. The summed E-state index contributed by atoms with van der Waals surface area (Å²) in [5.41, 5.74) is 0.0591. The third kappa shape index (κ3) is 2.20. The van der Waals surface area contributed by atoms with Crippen LogP contribution in [0.15, 0.2) is 5.38 Å². The molecular weight excluding hydrogens is 188 g/mol. The Labute approximate surface area is 79.8 Å². The summed E-state index contributed by atoms with van der Waals surface area (Å²) in [7, 11) is 1.77. The van der Waals surface area contributed by atoms with Crippen LogP contribution in [0.25, 0.3) is 0 Å². The highest BCUT2D eigenvalue weighted by Crippen LogP contribution is 2.18. The van der Waals surface area contributed by atoms with Gasteiger partial charge in [-0.05, 0) is 0 Å². The molecule has 0 spiro atoms. The van der Waals surface area contributed by atoms with Crippen molar-refractivity contribution in [3.05, 3.63) is 11.1 Å². The van der Waals surface area contributed by atoms with Crippen LogP contribution in [0.4, 0.5) is 5.13 Å². The molecule has 0 unspecified atom stereocenters. The average molecular weight is 196 g/mol. The second-order valence-electron chi connectivity index (χ2n) is 2.38. The van der Waals surface area contributed by atoms with Crippen LogP contribution in [0.2, 0.25) is 0 Å². The normalized spacial score (nSPS) is 9.23. The third-order valence-corrected chi connectivity index (χ3v) is 2.32. The van der Waals surface area contributed by atoms with Crippen molar-refractivity contribution in [1.29, 1.82) is 0 Å². The van der Waals surface area contributed by atoms with E-state index in [1.54, 1.807) is 11.9 Å². The van der Waals surface area contributed by atoms with E-state index in [0.717, 1.165) is 0 Å². The molecule has 1 heterocycles. The highest BCUT2D eigenvalue weighted by Gasteiger charge is 2.10. The van der Waals surface area contributed by atoms with Crippen LogP contribution in [-0.4, -0.2) is 29.7 Å². The second-order valence-corrected chi connectivity index (χ2v) is 3.22. The summed E-state index contributed by atoms with van der Waals surface area (Å²) in [4.78, 5) is 16.1. The number of aromatic nitrogens is 1. The van der Waals surface area contributed by atoms with Gasteiger partial charge in [-0.2, -0.15) is 0 Å². The van der Waals surface area contributed by atoms with Gasteiger partial charge in [-0.1, -0.05) is 5.92 Å². The standard InChI is InChI=1S/C8H8N2O2S/c1-3-4-10(2)8-9-6(5-13-8)7(11)12/h1,5H,4H2,2H3,(H,11,12). The number of hydrogen-bond acceptors (Lipinski definition) is 4. The van der Waals surface area contributed by atoms with Gasteiger partial charge in [0.25, 0.3) is 0 Å². The van der Waals surface area contributed by atoms with Crippen LogP contribution in [0.3, 0.4) is 0 Å². The summed E-state index contributed by atoms with van der Waals surface area (Å²) in [6.07, 6.45) is 5.10. The van der Waals surface area contributed by atoms with Crippen LogP contribution in [0, 0.1) is 12.3 Å². The summed E-state index contributed by atoms with van der Waals surface area (Å²) >= 11 is 1.26. The van der Waals surface area contributed by atoms with Gasteiger partial charge in [0, 0.05) is 12.4 Å². The van der Waals surface area contributed by atoms with E-state index < -0.39 is 5.97 Å². The maximum absolute atomic E-state index is 10.5. The minimum absolute atomic E-state index is 0.0591. The summed E-state index contributed by atoms with van der Waals surface area (Å²) < 4.78 is 0. The van der Waals surface area contributed by atoms with Crippen LogP contribution in [-0.2, 0) is 0 Å². The molecule has 0 saturated carbocycles. The van der Waals surface area contributed by atoms with Crippen LogP contribution >= 0.6 is 11.3 Å². The molecule has 1 N–H and O–H groups in total. The molecule has 4 nitrogen and oxygen atoms in total. The average Bonchev–Trinajstić information content (AvgIpc) is 2.52. The molecule has 0 amide bonds. The monoisotopic (exact) mass is 196 g/mol. The predicted octanol–water partition coefficient (Wildman–Crippen LogP) is 0.911. The molecule has 0 saturated heterocycles. The number of hydrogen-bond donors (Lipinski definition) is 1. The first-order valence-corrected chi connectivity index (χ1v) is 4.36. The van der Waals surface area contributed by atoms with Gasteiger partial charge in [-0.25, -0.2) is 9.78 Å². The third-order valence-electron chi connectivity index (χ3n) is 1.37. The SMILES string of the molecule is C#CCN(C)c1nc(C(=O)O)cs1. The molecule has 0 aliphatic heterocycles. The Kier molecular flexibility index (Phi) is 2.88. The number of anilines is 1. The van der Waals surface area contributed by atoms with Crippen molar-refractivity contribution in [3.63, 3.8) is 0 Å². The molecule has 5 heteroatoms. The van der Waals surface area contributed by atoms with Crippen LogP contribution in [0.1, 0.15) is 10.5 Å². The Morgan fingerprint density at radius 1 is 1.92 bits per heavy atom. The van der Waals surface area contributed by atoms with E-state index in [9.17, 15) is 4.79 Å². The molecule has 0 radical (unpaired) electrons. The molecule has 13 heavy (non-hydrogen) atoms. The molecule has 68 valence electrons. The summed E-state index contributed by atoms with van der Waals surface area (Å²) in [5.74, 6) is 1.43. The molecule has 1 aromatic rings. The zero-order chi connectivity index (χ0) is 9.84. The smallest absolute Gasteiger partial charge is 0.355 e. The van der Waals surface area contributed by atoms with E-state index in [-0.39, 0.29) is 5.69 Å². The van der Waals surface area contributed by atoms with Gasteiger partial charge in [0.2, 0.25) is 0 Å². The molecule has 0 aliphatic rings. The number of carboxylic acid groups (broad SMARTS) is 1. The molecule has 0 bridgehead atoms. The van der Waals surface area contributed by atoms with Crippen molar-refractivity contribution in [1.82, 2.24) is 4.98 Å². The van der Waals surface area contributed by atoms with Crippen molar-refractivity contribution >= 4 is 22.4 Å². The number of rotatable bonds is 3. The zero-order valence-electron chi connectivity index (χ0n) is 7.02. The highest BCUT2D eigenvalue weighted by molar-refractivity contribution is 7.13. The minimum atomic E-state index is -1.02.